The zero-order chi connectivity index (χ0) is 8.36. The molecule has 0 amide bonds. The number of rotatable bonds is 3. The van der Waals surface area contributed by atoms with E-state index >= 15 is 0 Å². The molecule has 0 fully saturated rings. The van der Waals surface area contributed by atoms with Crippen molar-refractivity contribution in [2.24, 2.45) is 0 Å². The maximum atomic E-state index is 11.7. The van der Waals surface area contributed by atoms with Crippen molar-refractivity contribution >= 4 is 18.6 Å². The van der Waals surface area contributed by atoms with Crippen molar-refractivity contribution in [1.29, 1.82) is 0 Å². The maximum Gasteiger partial charge on any atom is 0.324 e. The average molecular weight is 167 g/mol. The summed E-state index contributed by atoms with van der Waals surface area (Å²) in [6.45, 7) is 3.03. The van der Waals surface area contributed by atoms with Crippen LogP contribution in [0.15, 0.2) is 0 Å². The summed E-state index contributed by atoms with van der Waals surface area (Å²) in [5.74, 6) is -1.25. The Hall–Kier alpha value is -0.290. The Labute approximate surface area is 64.0 Å². The number of halogens is 1. The van der Waals surface area contributed by atoms with Crippen molar-refractivity contribution < 1.29 is 14.4 Å². The SMILES string of the molecule is CC(C)(S)[C@H](NF)C(=O)O. The van der Waals surface area contributed by atoms with Gasteiger partial charge in [-0.3, -0.25) is 4.79 Å². The summed E-state index contributed by atoms with van der Waals surface area (Å²) in [5, 5.41) is 8.36. The Bertz CT molecular complexity index is 134. The van der Waals surface area contributed by atoms with Crippen molar-refractivity contribution in [2.45, 2.75) is 24.6 Å². The number of nitrogens with one attached hydrogen (secondary N) is 1. The van der Waals surface area contributed by atoms with Gasteiger partial charge in [0.2, 0.25) is 0 Å². The second kappa shape index (κ2) is 3.21. The molecule has 5 heteroatoms. The largest absolute Gasteiger partial charge is 0.480 e. The lowest BCUT2D eigenvalue weighted by Crippen LogP contribution is -2.45. The van der Waals surface area contributed by atoms with Crippen LogP contribution in [-0.2, 0) is 4.79 Å². The first-order valence-electron chi connectivity index (χ1n) is 2.71. The van der Waals surface area contributed by atoms with Crippen LogP contribution < -0.4 is 5.54 Å². The summed E-state index contributed by atoms with van der Waals surface area (Å²) >= 11 is 3.89. The minimum atomic E-state index is -1.27. The fourth-order valence-electron chi connectivity index (χ4n) is 0.482. The van der Waals surface area contributed by atoms with Gasteiger partial charge in [-0.15, -0.1) is 10.0 Å². The zero-order valence-corrected chi connectivity index (χ0v) is 6.65. The van der Waals surface area contributed by atoms with E-state index in [1.807, 2.05) is 0 Å². The van der Waals surface area contributed by atoms with Gasteiger partial charge in [0.05, 0.1) is 0 Å². The van der Waals surface area contributed by atoms with Gasteiger partial charge in [-0.2, -0.15) is 12.6 Å². The van der Waals surface area contributed by atoms with Crippen LogP contribution >= 0.6 is 12.6 Å². The van der Waals surface area contributed by atoms with Crippen LogP contribution in [-0.4, -0.2) is 21.9 Å². The molecular formula is C5H10FNO2S. The molecule has 0 saturated carbocycles. The van der Waals surface area contributed by atoms with Gasteiger partial charge in [0.25, 0.3) is 0 Å². The van der Waals surface area contributed by atoms with Gasteiger partial charge < -0.3 is 5.11 Å². The molecule has 0 spiro atoms. The Morgan fingerprint density at radius 2 is 2.20 bits per heavy atom. The molecule has 0 aromatic heterocycles. The lowest BCUT2D eigenvalue weighted by atomic mass is 10.1. The summed E-state index contributed by atoms with van der Waals surface area (Å²) in [4.78, 5) is 10.2. The number of hydrogen-bond donors (Lipinski definition) is 3. The normalized spacial score (nSPS) is 14.8. The van der Waals surface area contributed by atoms with E-state index in [0.29, 0.717) is 0 Å². The van der Waals surface area contributed by atoms with Gasteiger partial charge in [-0.25, -0.2) is 0 Å². The highest BCUT2D eigenvalue weighted by molar-refractivity contribution is 7.81. The van der Waals surface area contributed by atoms with E-state index in [1.165, 1.54) is 19.4 Å². The lowest BCUT2D eigenvalue weighted by molar-refractivity contribution is -0.141. The summed E-state index contributed by atoms with van der Waals surface area (Å²) in [6, 6.07) is -1.27. The first-order chi connectivity index (χ1) is 4.39. The van der Waals surface area contributed by atoms with Gasteiger partial charge in [0, 0.05) is 4.75 Å². The topological polar surface area (TPSA) is 49.3 Å². The van der Waals surface area contributed by atoms with Gasteiger partial charge in [-0.1, -0.05) is 0 Å². The Kier molecular flexibility index (Phi) is 3.11. The second-order valence-electron chi connectivity index (χ2n) is 2.53. The molecule has 0 aliphatic rings. The fourth-order valence-corrected chi connectivity index (χ4v) is 0.642. The number of aliphatic carboxylic acids is 1. The van der Waals surface area contributed by atoms with Gasteiger partial charge in [0.1, 0.15) is 6.04 Å². The zero-order valence-electron chi connectivity index (χ0n) is 5.76. The molecule has 0 aliphatic carbocycles. The second-order valence-corrected chi connectivity index (χ2v) is 3.69. The molecule has 0 bridgehead atoms. The quantitative estimate of drug-likeness (QED) is 0.426. The minimum absolute atomic E-state index is 0.902. The van der Waals surface area contributed by atoms with Crippen LogP contribution in [0.1, 0.15) is 13.8 Å². The molecule has 0 aliphatic heterocycles. The van der Waals surface area contributed by atoms with Crippen molar-refractivity contribution in [1.82, 2.24) is 5.54 Å². The molecule has 0 unspecified atom stereocenters. The highest BCUT2D eigenvalue weighted by Crippen LogP contribution is 2.17. The number of hydrogen-bond acceptors (Lipinski definition) is 3. The molecule has 60 valence electrons. The summed E-state index contributed by atoms with van der Waals surface area (Å²) in [5.41, 5.74) is 1.17. The predicted octanol–water partition coefficient (Wildman–Crippen LogP) is 0.622. The third-order valence-electron chi connectivity index (χ3n) is 1.06. The van der Waals surface area contributed by atoms with E-state index in [-0.39, 0.29) is 0 Å². The molecule has 2 N–H and O–H groups in total. The van der Waals surface area contributed by atoms with E-state index in [0.717, 1.165) is 0 Å². The van der Waals surface area contributed by atoms with Crippen LogP contribution in [0.4, 0.5) is 4.48 Å². The minimum Gasteiger partial charge on any atom is -0.480 e. The molecule has 0 aromatic carbocycles. The Morgan fingerprint density at radius 3 is 2.20 bits per heavy atom. The first-order valence-corrected chi connectivity index (χ1v) is 3.15. The van der Waals surface area contributed by atoms with E-state index in [9.17, 15) is 9.28 Å². The average Bonchev–Trinajstić information content (AvgIpc) is 1.60. The van der Waals surface area contributed by atoms with Gasteiger partial charge >= 0.3 is 5.97 Å². The number of carboxylic acids is 1. The van der Waals surface area contributed by atoms with Crippen molar-refractivity contribution in [3.63, 3.8) is 0 Å². The van der Waals surface area contributed by atoms with Crippen molar-refractivity contribution in [3.8, 4) is 0 Å². The monoisotopic (exact) mass is 167 g/mol. The fraction of sp³-hybridized carbons (Fsp3) is 0.800. The maximum absolute atomic E-state index is 11.7. The van der Waals surface area contributed by atoms with Crippen LogP contribution in [0.25, 0.3) is 0 Å². The molecular weight excluding hydrogens is 157 g/mol. The van der Waals surface area contributed by atoms with E-state index in [1.54, 1.807) is 0 Å². The first kappa shape index (κ1) is 9.71. The number of carbonyl (C=O) groups is 1. The number of thiol groups is 1. The third kappa shape index (κ3) is 2.53. The van der Waals surface area contributed by atoms with Crippen LogP contribution in [0.2, 0.25) is 0 Å². The van der Waals surface area contributed by atoms with Gasteiger partial charge in [0.15, 0.2) is 0 Å². The molecule has 0 saturated heterocycles. The van der Waals surface area contributed by atoms with Crippen LogP contribution in [0.3, 0.4) is 0 Å². The van der Waals surface area contributed by atoms with Crippen molar-refractivity contribution in [3.05, 3.63) is 0 Å². The van der Waals surface area contributed by atoms with Gasteiger partial charge in [-0.05, 0) is 13.8 Å². The highest BCUT2D eigenvalue weighted by Gasteiger charge is 2.32. The molecule has 0 radical (unpaired) electrons. The molecule has 10 heavy (non-hydrogen) atoms. The van der Waals surface area contributed by atoms with Crippen molar-refractivity contribution in [2.75, 3.05) is 0 Å². The molecule has 3 nitrogen and oxygen atoms in total. The number of carboxylic acid groups (broad SMARTS) is 1. The summed E-state index contributed by atoms with van der Waals surface area (Å²) in [6.07, 6.45) is 0. The molecule has 1 atom stereocenters. The Morgan fingerprint density at radius 1 is 1.80 bits per heavy atom. The standard InChI is InChI=1S/C5H10FNO2S/c1-5(2,10)3(7-6)4(8)9/h3,7,10H,1-2H3,(H,8,9)/t3-/m1/s1. The lowest BCUT2D eigenvalue weighted by Gasteiger charge is -2.22. The highest BCUT2D eigenvalue weighted by atomic mass is 32.1. The Balaban J connectivity index is 4.22. The van der Waals surface area contributed by atoms with E-state index in [2.05, 4.69) is 12.6 Å². The molecule has 0 heterocycles. The molecule has 0 aromatic rings. The van der Waals surface area contributed by atoms with E-state index in [4.69, 9.17) is 5.11 Å². The van der Waals surface area contributed by atoms with Crippen LogP contribution in [0, 0.1) is 0 Å². The smallest absolute Gasteiger partial charge is 0.324 e. The molecule has 0 rings (SSSR count). The van der Waals surface area contributed by atoms with Crippen LogP contribution in [0.5, 0.6) is 0 Å². The summed E-state index contributed by atoms with van der Waals surface area (Å²) < 4.78 is 10.8. The van der Waals surface area contributed by atoms with E-state index < -0.39 is 16.8 Å². The third-order valence-corrected chi connectivity index (χ3v) is 1.32. The predicted molar refractivity (Wildman–Crippen MR) is 38.7 cm³/mol. The summed E-state index contributed by atoms with van der Waals surface area (Å²) in [7, 11) is 0.